The standard InChI is InChI=1S/C10H13ClN4O/c1-15(7-2-3-7)10(16)6-4-8(11)13-9(5-6)14-12/h4-5,7H,2-3,12H2,1H3,(H,13,14). The van der Waals surface area contributed by atoms with E-state index in [2.05, 4.69) is 10.4 Å². The van der Waals surface area contributed by atoms with E-state index in [-0.39, 0.29) is 11.1 Å². The van der Waals surface area contributed by atoms with Crippen molar-refractivity contribution < 1.29 is 4.79 Å². The molecule has 6 heteroatoms. The summed E-state index contributed by atoms with van der Waals surface area (Å²) in [6, 6.07) is 3.50. The minimum Gasteiger partial charge on any atom is -0.339 e. The number of carbonyl (C=O) groups is 1. The Morgan fingerprint density at radius 1 is 1.62 bits per heavy atom. The van der Waals surface area contributed by atoms with Crippen LogP contribution in [0.1, 0.15) is 23.2 Å². The fourth-order valence-electron chi connectivity index (χ4n) is 1.53. The van der Waals surface area contributed by atoms with E-state index in [4.69, 9.17) is 17.4 Å². The molecule has 1 aliphatic rings. The van der Waals surface area contributed by atoms with Crippen LogP contribution in [0, 0.1) is 0 Å². The second kappa shape index (κ2) is 4.27. The molecule has 1 amide bonds. The maximum absolute atomic E-state index is 12.0. The zero-order valence-electron chi connectivity index (χ0n) is 8.90. The molecule has 5 nitrogen and oxygen atoms in total. The molecule has 1 saturated carbocycles. The SMILES string of the molecule is CN(C(=O)c1cc(Cl)nc(NN)c1)C1CC1. The first-order valence-corrected chi connectivity index (χ1v) is 5.41. The Kier molecular flexibility index (Phi) is 2.98. The molecule has 1 heterocycles. The Morgan fingerprint density at radius 3 is 2.88 bits per heavy atom. The molecule has 3 N–H and O–H groups in total. The van der Waals surface area contributed by atoms with Gasteiger partial charge in [-0.05, 0) is 25.0 Å². The molecule has 0 unspecified atom stereocenters. The average molecular weight is 241 g/mol. The molecular formula is C10H13ClN4O. The van der Waals surface area contributed by atoms with Crippen molar-refractivity contribution in [2.24, 2.45) is 5.84 Å². The molecule has 1 aromatic heterocycles. The number of nitrogens with one attached hydrogen (secondary N) is 1. The molecule has 2 rings (SSSR count). The number of rotatable bonds is 3. The number of pyridine rings is 1. The van der Waals surface area contributed by atoms with Crippen LogP contribution in [0.2, 0.25) is 5.15 Å². The summed E-state index contributed by atoms with van der Waals surface area (Å²) in [6.07, 6.45) is 2.14. The van der Waals surface area contributed by atoms with Crippen LogP contribution >= 0.6 is 11.6 Å². The number of hydrogen-bond acceptors (Lipinski definition) is 4. The number of halogens is 1. The monoisotopic (exact) mass is 240 g/mol. The summed E-state index contributed by atoms with van der Waals surface area (Å²) in [4.78, 5) is 17.7. The van der Waals surface area contributed by atoms with E-state index >= 15 is 0 Å². The summed E-state index contributed by atoms with van der Waals surface area (Å²) in [5.74, 6) is 5.58. The predicted molar refractivity (Wildman–Crippen MR) is 62.2 cm³/mol. The highest BCUT2D eigenvalue weighted by molar-refractivity contribution is 6.29. The van der Waals surface area contributed by atoms with E-state index in [9.17, 15) is 4.79 Å². The molecule has 0 bridgehead atoms. The van der Waals surface area contributed by atoms with Gasteiger partial charge in [0.15, 0.2) is 0 Å². The van der Waals surface area contributed by atoms with Gasteiger partial charge in [0.1, 0.15) is 11.0 Å². The van der Waals surface area contributed by atoms with Crippen LogP contribution in [0.4, 0.5) is 5.82 Å². The lowest BCUT2D eigenvalue weighted by Gasteiger charge is -2.16. The first-order chi connectivity index (χ1) is 7.61. The molecule has 0 aromatic carbocycles. The largest absolute Gasteiger partial charge is 0.339 e. The van der Waals surface area contributed by atoms with Gasteiger partial charge in [-0.15, -0.1) is 0 Å². The van der Waals surface area contributed by atoms with Crippen molar-refractivity contribution in [1.29, 1.82) is 0 Å². The highest BCUT2D eigenvalue weighted by Gasteiger charge is 2.30. The van der Waals surface area contributed by atoms with Crippen molar-refractivity contribution in [3.05, 3.63) is 22.8 Å². The third-order valence-corrected chi connectivity index (χ3v) is 2.80. The average Bonchev–Trinajstić information content (AvgIpc) is 3.10. The van der Waals surface area contributed by atoms with Gasteiger partial charge in [-0.1, -0.05) is 11.6 Å². The number of aromatic nitrogens is 1. The van der Waals surface area contributed by atoms with Crippen molar-refractivity contribution in [3.63, 3.8) is 0 Å². The summed E-state index contributed by atoms with van der Waals surface area (Å²) in [5.41, 5.74) is 2.88. The lowest BCUT2D eigenvalue weighted by Crippen LogP contribution is -2.29. The molecule has 1 aliphatic carbocycles. The molecule has 86 valence electrons. The molecule has 0 aliphatic heterocycles. The third kappa shape index (κ3) is 2.25. The second-order valence-corrected chi connectivity index (χ2v) is 4.24. The van der Waals surface area contributed by atoms with Crippen molar-refractivity contribution in [2.45, 2.75) is 18.9 Å². The number of nitrogens with two attached hydrogens (primary N) is 1. The van der Waals surface area contributed by atoms with Gasteiger partial charge in [0.05, 0.1) is 0 Å². The lowest BCUT2D eigenvalue weighted by molar-refractivity contribution is 0.0785. The van der Waals surface area contributed by atoms with Gasteiger partial charge in [0.2, 0.25) is 0 Å². The maximum Gasteiger partial charge on any atom is 0.254 e. The molecule has 0 radical (unpaired) electrons. The molecular weight excluding hydrogens is 228 g/mol. The number of nitrogen functional groups attached to an aromatic ring is 1. The normalized spacial score (nSPS) is 14.7. The molecule has 0 atom stereocenters. The molecule has 1 aromatic rings. The number of hydrazine groups is 1. The Balaban J connectivity index is 2.24. The van der Waals surface area contributed by atoms with Crippen LogP contribution in [0.5, 0.6) is 0 Å². The minimum atomic E-state index is -0.0525. The van der Waals surface area contributed by atoms with Gasteiger partial charge in [0, 0.05) is 18.7 Å². The van der Waals surface area contributed by atoms with E-state index in [0.29, 0.717) is 17.4 Å². The van der Waals surface area contributed by atoms with Gasteiger partial charge < -0.3 is 10.3 Å². The topological polar surface area (TPSA) is 71.2 Å². The third-order valence-electron chi connectivity index (χ3n) is 2.60. The number of amides is 1. The van der Waals surface area contributed by atoms with Crippen LogP contribution in [0.25, 0.3) is 0 Å². The van der Waals surface area contributed by atoms with Crippen LogP contribution in [0.3, 0.4) is 0 Å². The number of carbonyl (C=O) groups excluding carboxylic acids is 1. The maximum atomic E-state index is 12.0. The number of hydrogen-bond donors (Lipinski definition) is 2. The summed E-state index contributed by atoms with van der Waals surface area (Å²) in [7, 11) is 1.80. The summed E-state index contributed by atoms with van der Waals surface area (Å²) < 4.78 is 0. The van der Waals surface area contributed by atoms with E-state index in [1.165, 1.54) is 0 Å². The fourth-order valence-corrected chi connectivity index (χ4v) is 1.73. The van der Waals surface area contributed by atoms with Crippen LogP contribution in [0.15, 0.2) is 12.1 Å². The molecule has 0 spiro atoms. The molecule has 0 saturated heterocycles. The highest BCUT2D eigenvalue weighted by Crippen LogP contribution is 2.27. The Hall–Kier alpha value is -1.33. The van der Waals surface area contributed by atoms with Crippen LogP contribution < -0.4 is 11.3 Å². The Labute approximate surface area is 98.6 Å². The van der Waals surface area contributed by atoms with Gasteiger partial charge in [-0.2, -0.15) is 0 Å². The molecule has 1 fully saturated rings. The van der Waals surface area contributed by atoms with Crippen molar-refractivity contribution in [1.82, 2.24) is 9.88 Å². The smallest absolute Gasteiger partial charge is 0.254 e. The van der Waals surface area contributed by atoms with E-state index < -0.39 is 0 Å². The zero-order valence-corrected chi connectivity index (χ0v) is 9.66. The van der Waals surface area contributed by atoms with Gasteiger partial charge in [-0.3, -0.25) is 4.79 Å². The van der Waals surface area contributed by atoms with Crippen molar-refractivity contribution in [3.8, 4) is 0 Å². The zero-order chi connectivity index (χ0) is 11.7. The molecule has 16 heavy (non-hydrogen) atoms. The minimum absolute atomic E-state index is 0.0525. The fraction of sp³-hybridized carbons (Fsp3) is 0.400. The van der Waals surface area contributed by atoms with Crippen molar-refractivity contribution in [2.75, 3.05) is 12.5 Å². The Morgan fingerprint density at radius 2 is 2.31 bits per heavy atom. The lowest BCUT2D eigenvalue weighted by atomic mass is 10.2. The number of anilines is 1. The number of nitrogens with zero attached hydrogens (tertiary/aromatic N) is 2. The Bertz CT molecular complexity index is 419. The second-order valence-electron chi connectivity index (χ2n) is 3.86. The van der Waals surface area contributed by atoms with Gasteiger partial charge in [0.25, 0.3) is 5.91 Å². The summed E-state index contributed by atoms with van der Waals surface area (Å²) in [5, 5.41) is 0.253. The first-order valence-electron chi connectivity index (χ1n) is 5.03. The highest BCUT2D eigenvalue weighted by atomic mass is 35.5. The van der Waals surface area contributed by atoms with E-state index in [0.717, 1.165) is 12.8 Å². The van der Waals surface area contributed by atoms with Crippen molar-refractivity contribution >= 4 is 23.3 Å². The quantitative estimate of drug-likeness (QED) is 0.474. The first kappa shape index (κ1) is 11.2. The van der Waals surface area contributed by atoms with E-state index in [1.54, 1.807) is 24.1 Å². The van der Waals surface area contributed by atoms with Crippen LogP contribution in [-0.2, 0) is 0 Å². The van der Waals surface area contributed by atoms with Gasteiger partial charge in [-0.25, -0.2) is 10.8 Å². The van der Waals surface area contributed by atoms with Crippen LogP contribution in [-0.4, -0.2) is 28.9 Å². The predicted octanol–water partition coefficient (Wildman–Crippen LogP) is 1.26. The summed E-state index contributed by atoms with van der Waals surface area (Å²) in [6.45, 7) is 0. The van der Waals surface area contributed by atoms with E-state index in [1.807, 2.05) is 0 Å². The summed E-state index contributed by atoms with van der Waals surface area (Å²) >= 11 is 5.80. The van der Waals surface area contributed by atoms with Gasteiger partial charge >= 0.3 is 0 Å².